The van der Waals surface area contributed by atoms with Gasteiger partial charge in [-0.2, -0.15) is 4.98 Å². The molecule has 1 heterocycles. The molecular formula is C13H23N5O. The van der Waals surface area contributed by atoms with Gasteiger partial charge in [0.15, 0.2) is 0 Å². The minimum atomic E-state index is 0.282. The number of nitrogens with one attached hydrogen (secondary N) is 2. The van der Waals surface area contributed by atoms with Crippen LogP contribution < -0.4 is 16.6 Å². The molecule has 0 bridgehead atoms. The normalized spacial score (nSPS) is 23.1. The van der Waals surface area contributed by atoms with Crippen molar-refractivity contribution in [1.82, 2.24) is 9.97 Å². The molecular weight excluding hydrogens is 242 g/mol. The number of hydrazine groups is 1. The van der Waals surface area contributed by atoms with E-state index in [-0.39, 0.29) is 6.61 Å². The predicted molar refractivity (Wildman–Crippen MR) is 75.6 cm³/mol. The Morgan fingerprint density at radius 2 is 2.11 bits per heavy atom. The number of nitrogen functional groups attached to an aromatic ring is 1. The van der Waals surface area contributed by atoms with Crippen molar-refractivity contribution in [3.63, 3.8) is 0 Å². The predicted octanol–water partition coefficient (Wildman–Crippen LogP) is 1.28. The zero-order valence-electron chi connectivity index (χ0n) is 11.4. The molecule has 19 heavy (non-hydrogen) atoms. The Morgan fingerprint density at radius 1 is 1.37 bits per heavy atom. The lowest BCUT2D eigenvalue weighted by Gasteiger charge is -2.30. The smallest absolute Gasteiger partial charge is 0.239 e. The van der Waals surface area contributed by atoms with E-state index < -0.39 is 0 Å². The first-order valence-corrected chi connectivity index (χ1v) is 6.89. The molecule has 0 aliphatic heterocycles. The number of aromatic nitrogens is 2. The van der Waals surface area contributed by atoms with Gasteiger partial charge >= 0.3 is 0 Å². The van der Waals surface area contributed by atoms with Crippen LogP contribution in [0.2, 0.25) is 0 Å². The van der Waals surface area contributed by atoms with Crippen LogP contribution in [0.15, 0.2) is 6.20 Å². The number of anilines is 2. The molecule has 0 saturated heterocycles. The lowest BCUT2D eigenvalue weighted by Crippen LogP contribution is -2.29. The van der Waals surface area contributed by atoms with Gasteiger partial charge in [0.25, 0.3) is 0 Å². The average Bonchev–Trinajstić information content (AvgIpc) is 2.46. The van der Waals surface area contributed by atoms with Gasteiger partial charge in [0, 0.05) is 24.9 Å². The number of hydrogen-bond donors (Lipinski definition) is 4. The molecule has 5 N–H and O–H groups in total. The summed E-state index contributed by atoms with van der Waals surface area (Å²) in [5.41, 5.74) is 3.45. The molecule has 1 aromatic rings. The molecule has 2 rings (SSSR count). The quantitative estimate of drug-likeness (QED) is 0.473. The second-order valence-corrected chi connectivity index (χ2v) is 5.24. The molecule has 0 amide bonds. The number of aryl methyl sites for hydroxylation is 1. The minimum absolute atomic E-state index is 0.282. The summed E-state index contributed by atoms with van der Waals surface area (Å²) in [4.78, 5) is 8.36. The zero-order chi connectivity index (χ0) is 13.7. The van der Waals surface area contributed by atoms with Gasteiger partial charge in [-0.25, -0.2) is 10.8 Å². The highest BCUT2D eigenvalue weighted by atomic mass is 16.3. The van der Waals surface area contributed by atoms with Crippen molar-refractivity contribution in [1.29, 1.82) is 0 Å². The number of aliphatic hydroxyl groups excluding tert-OH is 1. The van der Waals surface area contributed by atoms with Gasteiger partial charge in [0.2, 0.25) is 5.95 Å². The maximum absolute atomic E-state index is 9.42. The van der Waals surface area contributed by atoms with Crippen molar-refractivity contribution < 1.29 is 5.11 Å². The van der Waals surface area contributed by atoms with Crippen LogP contribution in [-0.4, -0.2) is 28.2 Å². The standard InChI is InChI=1S/C13H23N5O/c1-9-6-16-13(18-14)17-12(9)15-7-10-4-2-3-5-11(10)8-19/h6,10-11,19H,2-5,7-8,14H2,1H3,(H2,15,16,17,18). The van der Waals surface area contributed by atoms with Gasteiger partial charge in [-0.15, -0.1) is 0 Å². The first kappa shape index (κ1) is 14.0. The van der Waals surface area contributed by atoms with E-state index >= 15 is 0 Å². The SMILES string of the molecule is Cc1cnc(NN)nc1NCC1CCCCC1CO. The Balaban J connectivity index is 1.97. The van der Waals surface area contributed by atoms with Gasteiger partial charge in [-0.3, -0.25) is 5.43 Å². The number of nitrogens with two attached hydrogens (primary N) is 1. The van der Waals surface area contributed by atoms with Crippen molar-refractivity contribution in [3.05, 3.63) is 11.8 Å². The second-order valence-electron chi connectivity index (χ2n) is 5.24. The van der Waals surface area contributed by atoms with E-state index in [0.29, 0.717) is 17.8 Å². The molecule has 106 valence electrons. The summed E-state index contributed by atoms with van der Waals surface area (Å²) in [6, 6.07) is 0. The third-order valence-electron chi connectivity index (χ3n) is 3.93. The van der Waals surface area contributed by atoms with Crippen molar-refractivity contribution in [3.8, 4) is 0 Å². The third kappa shape index (κ3) is 3.54. The minimum Gasteiger partial charge on any atom is -0.396 e. The van der Waals surface area contributed by atoms with Crippen LogP contribution in [0.1, 0.15) is 31.2 Å². The van der Waals surface area contributed by atoms with E-state index in [9.17, 15) is 5.11 Å². The largest absolute Gasteiger partial charge is 0.396 e. The molecule has 1 aliphatic carbocycles. The van der Waals surface area contributed by atoms with Crippen LogP contribution >= 0.6 is 0 Å². The van der Waals surface area contributed by atoms with E-state index in [2.05, 4.69) is 20.7 Å². The fraction of sp³-hybridized carbons (Fsp3) is 0.692. The molecule has 6 nitrogen and oxygen atoms in total. The van der Waals surface area contributed by atoms with Crippen molar-refractivity contribution >= 4 is 11.8 Å². The van der Waals surface area contributed by atoms with Gasteiger partial charge in [0.1, 0.15) is 5.82 Å². The maximum Gasteiger partial charge on any atom is 0.239 e. The van der Waals surface area contributed by atoms with E-state index in [0.717, 1.165) is 24.3 Å². The Kier molecular flexibility index (Phi) is 4.93. The molecule has 2 unspecified atom stereocenters. The molecule has 1 fully saturated rings. The molecule has 0 spiro atoms. The summed E-state index contributed by atoms with van der Waals surface area (Å²) in [7, 11) is 0. The van der Waals surface area contributed by atoms with E-state index in [4.69, 9.17) is 5.84 Å². The summed E-state index contributed by atoms with van der Waals surface area (Å²) in [5.74, 6) is 7.47. The molecule has 1 aliphatic rings. The van der Waals surface area contributed by atoms with Crippen molar-refractivity contribution in [2.75, 3.05) is 23.9 Å². The Morgan fingerprint density at radius 3 is 2.79 bits per heavy atom. The molecule has 6 heteroatoms. The van der Waals surface area contributed by atoms with Crippen molar-refractivity contribution in [2.45, 2.75) is 32.6 Å². The number of rotatable bonds is 5. The Hall–Kier alpha value is -1.40. The van der Waals surface area contributed by atoms with Crippen LogP contribution in [0.25, 0.3) is 0 Å². The second kappa shape index (κ2) is 6.68. The highest BCUT2D eigenvalue weighted by Crippen LogP contribution is 2.30. The molecule has 1 saturated carbocycles. The first-order chi connectivity index (χ1) is 9.24. The fourth-order valence-electron chi connectivity index (χ4n) is 2.71. The summed E-state index contributed by atoms with van der Waals surface area (Å²) in [6.07, 6.45) is 6.52. The summed E-state index contributed by atoms with van der Waals surface area (Å²) in [5, 5.41) is 12.8. The Labute approximate surface area is 113 Å². The lowest BCUT2D eigenvalue weighted by molar-refractivity contribution is 0.141. The third-order valence-corrected chi connectivity index (χ3v) is 3.93. The summed E-state index contributed by atoms with van der Waals surface area (Å²) in [6.45, 7) is 3.09. The number of hydrogen-bond acceptors (Lipinski definition) is 6. The molecule has 2 atom stereocenters. The van der Waals surface area contributed by atoms with Crippen LogP contribution in [0, 0.1) is 18.8 Å². The number of nitrogens with zero attached hydrogens (tertiary/aromatic N) is 2. The van der Waals surface area contributed by atoms with Crippen LogP contribution in [-0.2, 0) is 0 Å². The summed E-state index contributed by atoms with van der Waals surface area (Å²) < 4.78 is 0. The molecule has 0 aromatic carbocycles. The highest BCUT2D eigenvalue weighted by Gasteiger charge is 2.24. The van der Waals surface area contributed by atoms with E-state index in [1.807, 2.05) is 6.92 Å². The number of aliphatic hydroxyl groups is 1. The van der Waals surface area contributed by atoms with Gasteiger partial charge in [-0.1, -0.05) is 12.8 Å². The van der Waals surface area contributed by atoms with E-state index in [1.54, 1.807) is 6.20 Å². The molecule has 1 aromatic heterocycles. The van der Waals surface area contributed by atoms with Crippen LogP contribution in [0.5, 0.6) is 0 Å². The van der Waals surface area contributed by atoms with E-state index in [1.165, 1.54) is 19.3 Å². The van der Waals surface area contributed by atoms with Crippen LogP contribution in [0.3, 0.4) is 0 Å². The van der Waals surface area contributed by atoms with Gasteiger partial charge in [0.05, 0.1) is 0 Å². The van der Waals surface area contributed by atoms with Gasteiger partial charge < -0.3 is 10.4 Å². The van der Waals surface area contributed by atoms with Crippen molar-refractivity contribution in [2.24, 2.45) is 17.7 Å². The highest BCUT2D eigenvalue weighted by molar-refractivity contribution is 5.46. The Bertz CT molecular complexity index is 412. The molecule has 0 radical (unpaired) electrons. The van der Waals surface area contributed by atoms with Crippen LogP contribution in [0.4, 0.5) is 11.8 Å². The van der Waals surface area contributed by atoms with Gasteiger partial charge in [-0.05, 0) is 31.6 Å². The fourth-order valence-corrected chi connectivity index (χ4v) is 2.71. The maximum atomic E-state index is 9.42. The first-order valence-electron chi connectivity index (χ1n) is 6.89. The zero-order valence-corrected chi connectivity index (χ0v) is 11.4. The summed E-state index contributed by atoms with van der Waals surface area (Å²) >= 11 is 0. The monoisotopic (exact) mass is 265 g/mol. The average molecular weight is 265 g/mol. The lowest BCUT2D eigenvalue weighted by atomic mass is 9.79. The topological polar surface area (TPSA) is 96.1 Å².